The Morgan fingerprint density at radius 2 is 1.90 bits per heavy atom. The monoisotopic (exact) mass is 387 g/mol. The molecule has 0 aliphatic heterocycles. The Balaban J connectivity index is 1.67. The molecule has 148 valence electrons. The van der Waals surface area contributed by atoms with Gasteiger partial charge in [0.05, 0.1) is 11.8 Å². The molecule has 0 aliphatic carbocycles. The van der Waals surface area contributed by atoms with Crippen molar-refractivity contribution in [2.45, 2.75) is 26.3 Å². The van der Waals surface area contributed by atoms with E-state index in [1.807, 2.05) is 64.8 Å². The van der Waals surface area contributed by atoms with Gasteiger partial charge in [0.25, 0.3) is 5.91 Å². The molecule has 6 nitrogen and oxygen atoms in total. The molecule has 1 aromatic carbocycles. The van der Waals surface area contributed by atoms with E-state index >= 15 is 0 Å². The number of carbonyl (C=O) groups is 1. The van der Waals surface area contributed by atoms with E-state index in [-0.39, 0.29) is 5.91 Å². The van der Waals surface area contributed by atoms with Crippen LogP contribution in [-0.4, -0.2) is 43.3 Å². The van der Waals surface area contributed by atoms with Crippen molar-refractivity contribution in [3.8, 4) is 11.5 Å². The first kappa shape index (κ1) is 18.9. The average molecular weight is 387 g/mol. The number of rotatable bonds is 7. The van der Waals surface area contributed by atoms with Gasteiger partial charge < -0.3 is 9.47 Å². The Morgan fingerprint density at radius 3 is 2.69 bits per heavy atom. The van der Waals surface area contributed by atoms with E-state index in [2.05, 4.69) is 24.0 Å². The molecule has 4 rings (SSSR count). The summed E-state index contributed by atoms with van der Waals surface area (Å²) in [6, 6.07) is 16.0. The fourth-order valence-corrected chi connectivity index (χ4v) is 3.41. The fourth-order valence-electron chi connectivity index (χ4n) is 3.41. The van der Waals surface area contributed by atoms with Gasteiger partial charge in [0.15, 0.2) is 11.5 Å². The van der Waals surface area contributed by atoms with Crippen molar-refractivity contribution in [2.24, 2.45) is 0 Å². The number of pyridine rings is 1. The van der Waals surface area contributed by atoms with Crippen LogP contribution in [0.25, 0.3) is 17.0 Å². The lowest BCUT2D eigenvalue weighted by molar-refractivity contribution is 0.0790. The van der Waals surface area contributed by atoms with Crippen molar-refractivity contribution >= 4 is 11.4 Å². The maximum Gasteiger partial charge on any atom is 0.274 e. The third-order valence-electron chi connectivity index (χ3n) is 5.02. The van der Waals surface area contributed by atoms with Crippen LogP contribution in [0, 0.1) is 0 Å². The van der Waals surface area contributed by atoms with Crippen LogP contribution >= 0.6 is 0 Å². The number of unbranched alkanes of at least 4 members (excludes halogenated alkanes) is 1. The molecule has 6 heteroatoms. The van der Waals surface area contributed by atoms with Crippen molar-refractivity contribution in [2.75, 3.05) is 13.6 Å². The third-order valence-corrected chi connectivity index (χ3v) is 5.02. The molecule has 3 aromatic heterocycles. The van der Waals surface area contributed by atoms with E-state index in [4.69, 9.17) is 4.98 Å². The molecule has 0 aliphatic rings. The number of fused-ring (bicyclic) bond motifs is 1. The molecular weight excluding hydrogens is 362 g/mol. The number of carbonyl (C=O) groups excluding carboxylic acids is 1. The van der Waals surface area contributed by atoms with E-state index in [0.717, 1.165) is 37.1 Å². The van der Waals surface area contributed by atoms with E-state index in [0.29, 0.717) is 11.5 Å². The highest BCUT2D eigenvalue weighted by Crippen LogP contribution is 2.23. The van der Waals surface area contributed by atoms with Gasteiger partial charge in [0.2, 0.25) is 0 Å². The maximum atomic E-state index is 13.0. The van der Waals surface area contributed by atoms with Crippen molar-refractivity contribution in [1.82, 2.24) is 23.8 Å². The van der Waals surface area contributed by atoms with E-state index in [9.17, 15) is 4.79 Å². The summed E-state index contributed by atoms with van der Waals surface area (Å²) >= 11 is 0. The summed E-state index contributed by atoms with van der Waals surface area (Å²) in [5, 5.41) is 0. The number of imidazole rings is 2. The molecule has 0 spiro atoms. The minimum Gasteiger partial charge on any atom is -0.340 e. The SMILES string of the molecule is CCCCN(C)C(=O)c1nc(-c2cn(Cc3ccccc3)cn2)n2ccccc12. The van der Waals surface area contributed by atoms with Crippen LogP contribution in [-0.2, 0) is 6.54 Å². The summed E-state index contributed by atoms with van der Waals surface area (Å²) in [5.41, 5.74) is 3.22. The van der Waals surface area contributed by atoms with Crippen LogP contribution in [0.15, 0.2) is 67.3 Å². The molecule has 0 radical (unpaired) electrons. The van der Waals surface area contributed by atoms with Crippen molar-refractivity contribution in [3.63, 3.8) is 0 Å². The van der Waals surface area contributed by atoms with Crippen molar-refractivity contribution in [1.29, 1.82) is 0 Å². The zero-order valence-corrected chi connectivity index (χ0v) is 16.8. The summed E-state index contributed by atoms with van der Waals surface area (Å²) < 4.78 is 3.97. The molecule has 0 bridgehead atoms. The Morgan fingerprint density at radius 1 is 1.10 bits per heavy atom. The summed E-state index contributed by atoms with van der Waals surface area (Å²) in [6.07, 6.45) is 7.73. The largest absolute Gasteiger partial charge is 0.340 e. The van der Waals surface area contributed by atoms with Gasteiger partial charge in [-0.15, -0.1) is 0 Å². The summed E-state index contributed by atoms with van der Waals surface area (Å²) in [7, 11) is 1.83. The lowest BCUT2D eigenvalue weighted by Crippen LogP contribution is -2.28. The quantitative estimate of drug-likeness (QED) is 0.479. The van der Waals surface area contributed by atoms with Gasteiger partial charge in [-0.1, -0.05) is 49.7 Å². The first-order valence-corrected chi connectivity index (χ1v) is 9.96. The van der Waals surface area contributed by atoms with E-state index in [1.54, 1.807) is 11.2 Å². The van der Waals surface area contributed by atoms with Crippen LogP contribution in [0.3, 0.4) is 0 Å². The van der Waals surface area contributed by atoms with Gasteiger partial charge in [-0.2, -0.15) is 0 Å². The van der Waals surface area contributed by atoms with Gasteiger partial charge in [0.1, 0.15) is 5.69 Å². The Bertz CT molecular complexity index is 1110. The average Bonchev–Trinajstić information content (AvgIpc) is 3.36. The van der Waals surface area contributed by atoms with Crippen LogP contribution in [0.5, 0.6) is 0 Å². The van der Waals surface area contributed by atoms with Gasteiger partial charge in [0, 0.05) is 32.5 Å². The van der Waals surface area contributed by atoms with Crippen LogP contribution < -0.4 is 0 Å². The van der Waals surface area contributed by atoms with Crippen LogP contribution in [0.4, 0.5) is 0 Å². The Hall–Kier alpha value is -3.41. The number of hydrogen-bond acceptors (Lipinski definition) is 3. The van der Waals surface area contributed by atoms with Gasteiger partial charge >= 0.3 is 0 Å². The molecule has 3 heterocycles. The predicted octanol–water partition coefficient (Wildman–Crippen LogP) is 4.12. The predicted molar refractivity (Wildman–Crippen MR) is 114 cm³/mol. The van der Waals surface area contributed by atoms with Gasteiger partial charge in [-0.05, 0) is 24.1 Å². The highest BCUT2D eigenvalue weighted by atomic mass is 16.2. The minimum atomic E-state index is -0.0582. The lowest BCUT2D eigenvalue weighted by Gasteiger charge is -2.15. The first-order valence-electron chi connectivity index (χ1n) is 9.96. The van der Waals surface area contributed by atoms with Crippen molar-refractivity contribution in [3.05, 3.63) is 78.5 Å². The topological polar surface area (TPSA) is 55.4 Å². The summed E-state index contributed by atoms with van der Waals surface area (Å²) in [5.74, 6) is 0.622. The minimum absolute atomic E-state index is 0.0582. The summed E-state index contributed by atoms with van der Waals surface area (Å²) in [6.45, 7) is 3.58. The maximum absolute atomic E-state index is 13.0. The molecule has 0 saturated heterocycles. The molecule has 4 aromatic rings. The number of amides is 1. The van der Waals surface area contributed by atoms with Crippen LogP contribution in [0.1, 0.15) is 35.8 Å². The van der Waals surface area contributed by atoms with Gasteiger partial charge in [-0.3, -0.25) is 9.20 Å². The standard InChI is InChI=1S/C23H25N5O/c1-3-4-13-26(2)23(29)21-20-12-8-9-14-28(20)22(25-21)19-16-27(17-24-19)15-18-10-6-5-7-11-18/h5-12,14,16-17H,3-4,13,15H2,1-2H3. The van der Waals surface area contributed by atoms with E-state index < -0.39 is 0 Å². The molecule has 0 fully saturated rings. The van der Waals surface area contributed by atoms with Crippen LogP contribution in [0.2, 0.25) is 0 Å². The van der Waals surface area contributed by atoms with E-state index in [1.165, 1.54) is 5.56 Å². The molecule has 0 unspecified atom stereocenters. The second-order valence-electron chi connectivity index (χ2n) is 7.24. The number of hydrogen-bond donors (Lipinski definition) is 0. The zero-order chi connectivity index (χ0) is 20.2. The second-order valence-corrected chi connectivity index (χ2v) is 7.24. The molecule has 0 saturated carbocycles. The number of nitrogens with zero attached hydrogens (tertiary/aromatic N) is 5. The highest BCUT2D eigenvalue weighted by Gasteiger charge is 2.22. The smallest absolute Gasteiger partial charge is 0.274 e. The molecular formula is C23H25N5O. The summed E-state index contributed by atoms with van der Waals surface area (Å²) in [4.78, 5) is 24.0. The number of benzene rings is 1. The molecule has 1 amide bonds. The lowest BCUT2D eigenvalue weighted by atomic mass is 10.2. The van der Waals surface area contributed by atoms with Gasteiger partial charge in [-0.25, -0.2) is 9.97 Å². The fraction of sp³-hybridized carbons (Fsp3) is 0.261. The molecule has 0 atom stereocenters. The Kier molecular flexibility index (Phi) is 5.42. The second kappa shape index (κ2) is 8.31. The normalized spacial score (nSPS) is 11.1. The zero-order valence-electron chi connectivity index (χ0n) is 16.8. The molecule has 29 heavy (non-hydrogen) atoms. The first-order chi connectivity index (χ1) is 14.2. The highest BCUT2D eigenvalue weighted by molar-refractivity contribution is 5.99. The number of aromatic nitrogens is 4. The van der Waals surface area contributed by atoms with Crippen molar-refractivity contribution < 1.29 is 4.79 Å². The Labute approximate surface area is 170 Å². The molecule has 0 N–H and O–H groups in total. The third kappa shape index (κ3) is 3.92.